The number of carboxylic acid groups (broad SMARTS) is 1. The SMILES string of the molecule is CC(c1ccc(Cl)c(Cl)c1)n1cnc2cc(NC(=O)O)ccc2c1=O. The number of fused-ring (bicyclic) bond motifs is 1. The highest BCUT2D eigenvalue weighted by atomic mass is 35.5. The van der Waals surface area contributed by atoms with E-state index in [0.29, 0.717) is 26.6 Å². The van der Waals surface area contributed by atoms with Crippen LogP contribution in [0.25, 0.3) is 10.9 Å². The van der Waals surface area contributed by atoms with Crippen molar-refractivity contribution in [3.8, 4) is 0 Å². The van der Waals surface area contributed by atoms with E-state index in [9.17, 15) is 9.59 Å². The van der Waals surface area contributed by atoms with E-state index in [4.69, 9.17) is 28.3 Å². The standard InChI is InChI=1S/C17H13Cl2N3O3/c1-9(10-2-5-13(18)14(19)6-10)22-8-20-15-7-11(21-17(24)25)3-4-12(15)16(22)23/h2-9,21H,1H3,(H,24,25). The molecule has 1 amide bonds. The lowest BCUT2D eigenvalue weighted by Gasteiger charge is -2.16. The van der Waals surface area contributed by atoms with Crippen molar-refractivity contribution in [3.63, 3.8) is 0 Å². The second-order valence-electron chi connectivity index (χ2n) is 5.47. The van der Waals surface area contributed by atoms with Gasteiger partial charge in [0.15, 0.2) is 0 Å². The molecule has 3 aromatic rings. The predicted molar refractivity (Wildman–Crippen MR) is 97.9 cm³/mol. The minimum Gasteiger partial charge on any atom is -0.465 e. The van der Waals surface area contributed by atoms with Gasteiger partial charge in [0.1, 0.15) is 0 Å². The van der Waals surface area contributed by atoms with Gasteiger partial charge in [0.25, 0.3) is 5.56 Å². The van der Waals surface area contributed by atoms with E-state index in [0.717, 1.165) is 5.56 Å². The van der Waals surface area contributed by atoms with Gasteiger partial charge in [0.2, 0.25) is 0 Å². The zero-order chi connectivity index (χ0) is 18.1. The largest absolute Gasteiger partial charge is 0.465 e. The quantitative estimate of drug-likeness (QED) is 0.708. The Kier molecular flexibility index (Phi) is 4.65. The minimum atomic E-state index is -1.18. The van der Waals surface area contributed by atoms with Crippen molar-refractivity contribution in [1.82, 2.24) is 9.55 Å². The molecule has 6 nitrogen and oxygen atoms in total. The summed E-state index contributed by atoms with van der Waals surface area (Å²) < 4.78 is 1.49. The zero-order valence-electron chi connectivity index (χ0n) is 13.0. The summed E-state index contributed by atoms with van der Waals surface area (Å²) in [5.74, 6) is 0. The molecule has 2 N–H and O–H groups in total. The molecule has 0 spiro atoms. The Morgan fingerprint density at radius 3 is 2.64 bits per heavy atom. The monoisotopic (exact) mass is 377 g/mol. The Balaban J connectivity index is 2.05. The van der Waals surface area contributed by atoms with Crippen LogP contribution in [0.15, 0.2) is 47.5 Å². The number of benzene rings is 2. The smallest absolute Gasteiger partial charge is 0.409 e. The third kappa shape index (κ3) is 3.45. The van der Waals surface area contributed by atoms with Gasteiger partial charge in [-0.2, -0.15) is 0 Å². The zero-order valence-corrected chi connectivity index (χ0v) is 14.5. The number of anilines is 1. The van der Waals surface area contributed by atoms with Gasteiger partial charge in [-0.15, -0.1) is 0 Å². The maximum absolute atomic E-state index is 12.8. The number of nitrogens with zero attached hydrogens (tertiary/aromatic N) is 2. The first kappa shape index (κ1) is 17.3. The van der Waals surface area contributed by atoms with Crippen LogP contribution < -0.4 is 10.9 Å². The van der Waals surface area contributed by atoms with Crippen molar-refractivity contribution >= 4 is 45.9 Å². The average molecular weight is 378 g/mol. The fraction of sp³-hybridized carbons (Fsp3) is 0.118. The molecule has 8 heteroatoms. The molecule has 0 radical (unpaired) electrons. The van der Waals surface area contributed by atoms with Gasteiger partial charge >= 0.3 is 6.09 Å². The molecule has 0 aliphatic rings. The second-order valence-corrected chi connectivity index (χ2v) is 6.28. The molecule has 0 aliphatic carbocycles. The van der Waals surface area contributed by atoms with Crippen molar-refractivity contribution < 1.29 is 9.90 Å². The molecule has 0 fully saturated rings. The summed E-state index contributed by atoms with van der Waals surface area (Å²) in [5, 5.41) is 12.2. The van der Waals surface area contributed by atoms with Gasteiger partial charge in [0, 0.05) is 5.69 Å². The summed E-state index contributed by atoms with van der Waals surface area (Å²) in [6.07, 6.45) is 0.253. The number of rotatable bonds is 3. The Labute approximate surface area is 152 Å². The molecule has 3 rings (SSSR count). The predicted octanol–water partition coefficient (Wildman–Crippen LogP) is 4.40. The van der Waals surface area contributed by atoms with Gasteiger partial charge in [-0.3, -0.25) is 14.7 Å². The number of aromatic nitrogens is 2. The molecule has 0 aliphatic heterocycles. The van der Waals surface area contributed by atoms with Gasteiger partial charge in [-0.1, -0.05) is 29.3 Å². The second kappa shape index (κ2) is 6.74. The summed E-state index contributed by atoms with van der Waals surface area (Å²) in [5.41, 5.74) is 1.35. The summed E-state index contributed by atoms with van der Waals surface area (Å²) >= 11 is 12.0. The summed E-state index contributed by atoms with van der Waals surface area (Å²) in [4.78, 5) is 27.7. The van der Waals surface area contributed by atoms with E-state index in [2.05, 4.69) is 10.3 Å². The van der Waals surface area contributed by atoms with E-state index < -0.39 is 6.09 Å². The lowest BCUT2D eigenvalue weighted by Crippen LogP contribution is -2.24. The van der Waals surface area contributed by atoms with Crippen LogP contribution in [-0.4, -0.2) is 20.8 Å². The molecule has 1 heterocycles. The third-order valence-electron chi connectivity index (χ3n) is 3.88. The Morgan fingerprint density at radius 1 is 1.20 bits per heavy atom. The molecule has 25 heavy (non-hydrogen) atoms. The van der Waals surface area contributed by atoms with Gasteiger partial charge in [-0.05, 0) is 42.8 Å². The molecule has 0 bridgehead atoms. The van der Waals surface area contributed by atoms with Gasteiger partial charge in [0.05, 0.1) is 33.3 Å². The molecule has 1 atom stereocenters. The number of halogens is 2. The molecular weight excluding hydrogens is 365 g/mol. The van der Waals surface area contributed by atoms with Crippen LogP contribution in [-0.2, 0) is 0 Å². The van der Waals surface area contributed by atoms with E-state index >= 15 is 0 Å². The fourth-order valence-corrected chi connectivity index (χ4v) is 2.85. The van der Waals surface area contributed by atoms with Gasteiger partial charge in [-0.25, -0.2) is 9.78 Å². The number of nitrogens with one attached hydrogen (secondary N) is 1. The topological polar surface area (TPSA) is 84.2 Å². The minimum absolute atomic E-state index is 0.231. The van der Waals surface area contributed by atoms with Crippen molar-refractivity contribution in [2.24, 2.45) is 0 Å². The van der Waals surface area contributed by atoms with Crippen LogP contribution in [0.5, 0.6) is 0 Å². The average Bonchev–Trinajstić information content (AvgIpc) is 2.56. The fourth-order valence-electron chi connectivity index (χ4n) is 2.55. The van der Waals surface area contributed by atoms with Crippen molar-refractivity contribution in [3.05, 3.63) is 68.7 Å². The van der Waals surface area contributed by atoms with E-state index in [1.165, 1.54) is 23.0 Å². The lowest BCUT2D eigenvalue weighted by molar-refractivity contribution is 0.210. The first-order valence-electron chi connectivity index (χ1n) is 7.32. The molecular formula is C17H13Cl2N3O3. The summed E-state index contributed by atoms with van der Waals surface area (Å²) in [6.45, 7) is 1.86. The molecule has 2 aromatic carbocycles. The van der Waals surface area contributed by atoms with E-state index in [1.807, 2.05) is 6.92 Å². The maximum Gasteiger partial charge on any atom is 0.409 e. The van der Waals surface area contributed by atoms with Crippen LogP contribution in [0.1, 0.15) is 18.5 Å². The molecule has 0 saturated carbocycles. The Hall–Kier alpha value is -2.57. The van der Waals surface area contributed by atoms with Crippen LogP contribution in [0.3, 0.4) is 0 Å². The van der Waals surface area contributed by atoms with Gasteiger partial charge < -0.3 is 5.11 Å². The Bertz CT molecular complexity index is 1030. The van der Waals surface area contributed by atoms with Crippen LogP contribution in [0, 0.1) is 0 Å². The lowest BCUT2D eigenvalue weighted by atomic mass is 10.1. The number of carbonyl (C=O) groups is 1. The summed E-state index contributed by atoms with van der Waals surface area (Å²) in [7, 11) is 0. The maximum atomic E-state index is 12.8. The molecule has 0 saturated heterocycles. The molecule has 128 valence electrons. The Morgan fingerprint density at radius 2 is 1.96 bits per heavy atom. The van der Waals surface area contributed by atoms with Crippen LogP contribution in [0.4, 0.5) is 10.5 Å². The highest BCUT2D eigenvalue weighted by molar-refractivity contribution is 6.42. The summed E-state index contributed by atoms with van der Waals surface area (Å²) in [6, 6.07) is 9.48. The molecule has 1 aromatic heterocycles. The van der Waals surface area contributed by atoms with Crippen LogP contribution >= 0.6 is 23.2 Å². The first-order chi connectivity index (χ1) is 11.9. The number of amides is 1. The van der Waals surface area contributed by atoms with Crippen molar-refractivity contribution in [1.29, 1.82) is 0 Å². The first-order valence-corrected chi connectivity index (χ1v) is 8.08. The third-order valence-corrected chi connectivity index (χ3v) is 4.62. The number of hydrogen-bond donors (Lipinski definition) is 2. The number of hydrogen-bond acceptors (Lipinski definition) is 3. The van der Waals surface area contributed by atoms with E-state index in [-0.39, 0.29) is 11.6 Å². The van der Waals surface area contributed by atoms with Crippen molar-refractivity contribution in [2.75, 3.05) is 5.32 Å². The highest BCUT2D eigenvalue weighted by Crippen LogP contribution is 2.27. The van der Waals surface area contributed by atoms with E-state index in [1.54, 1.807) is 24.3 Å². The molecule has 1 unspecified atom stereocenters. The highest BCUT2D eigenvalue weighted by Gasteiger charge is 2.14. The normalized spacial score (nSPS) is 12.1. The van der Waals surface area contributed by atoms with Crippen LogP contribution in [0.2, 0.25) is 10.0 Å². The van der Waals surface area contributed by atoms with Crippen molar-refractivity contribution in [2.45, 2.75) is 13.0 Å².